The highest BCUT2D eigenvalue weighted by molar-refractivity contribution is 7.90. The number of nitro groups is 1. The van der Waals surface area contributed by atoms with E-state index < -0.39 is 20.8 Å². The van der Waals surface area contributed by atoms with Gasteiger partial charge in [-0.3, -0.25) is 19.8 Å². The molecule has 2 aromatic rings. The van der Waals surface area contributed by atoms with E-state index in [1.54, 1.807) is 37.1 Å². The Morgan fingerprint density at radius 3 is 2.60 bits per heavy atom. The molecular formula is C20H25N3O6S. The van der Waals surface area contributed by atoms with Crippen molar-refractivity contribution in [1.29, 1.82) is 0 Å². The second-order valence-corrected chi connectivity index (χ2v) is 8.88. The maximum absolute atomic E-state index is 12.5. The van der Waals surface area contributed by atoms with Crippen LogP contribution in [0.25, 0.3) is 0 Å². The normalized spacial score (nSPS) is 12.4. The highest BCUT2D eigenvalue weighted by atomic mass is 32.2. The van der Waals surface area contributed by atoms with E-state index in [0.717, 1.165) is 6.26 Å². The van der Waals surface area contributed by atoms with Gasteiger partial charge in [0, 0.05) is 18.9 Å². The summed E-state index contributed by atoms with van der Waals surface area (Å²) in [6.45, 7) is 2.59. The van der Waals surface area contributed by atoms with Gasteiger partial charge in [0.1, 0.15) is 11.4 Å². The summed E-state index contributed by atoms with van der Waals surface area (Å²) in [6.07, 6.45) is 1.74. The summed E-state index contributed by atoms with van der Waals surface area (Å²) in [7, 11) is -1.53. The van der Waals surface area contributed by atoms with Crippen LogP contribution in [0.3, 0.4) is 0 Å². The van der Waals surface area contributed by atoms with Crippen LogP contribution in [0.5, 0.6) is 5.75 Å². The predicted molar refractivity (Wildman–Crippen MR) is 113 cm³/mol. The third-order valence-corrected chi connectivity index (χ3v) is 5.67. The van der Waals surface area contributed by atoms with Gasteiger partial charge in [-0.25, -0.2) is 8.42 Å². The molecule has 0 saturated heterocycles. The Morgan fingerprint density at radius 1 is 1.23 bits per heavy atom. The molecule has 1 unspecified atom stereocenters. The lowest BCUT2D eigenvalue weighted by molar-refractivity contribution is -0.383. The Hall–Kier alpha value is -2.98. The second kappa shape index (κ2) is 10.2. The molecule has 1 N–H and O–H groups in total. The Labute approximate surface area is 175 Å². The number of nitrogens with zero attached hydrogens (tertiary/aromatic N) is 2. The van der Waals surface area contributed by atoms with Gasteiger partial charge < -0.3 is 10.1 Å². The molecule has 0 aliphatic heterocycles. The van der Waals surface area contributed by atoms with Crippen LogP contribution in [0.4, 0.5) is 11.4 Å². The van der Waals surface area contributed by atoms with Gasteiger partial charge in [0.25, 0.3) is 5.69 Å². The third-order valence-electron chi connectivity index (χ3n) is 4.56. The van der Waals surface area contributed by atoms with Crippen LogP contribution in [0.15, 0.2) is 53.4 Å². The fourth-order valence-corrected chi connectivity index (χ4v) is 3.32. The molecule has 0 aliphatic carbocycles. The summed E-state index contributed by atoms with van der Waals surface area (Å²) in [5.74, 6) is 0.108. The number of hydrogen-bond acceptors (Lipinski definition) is 7. The minimum atomic E-state index is -3.30. The number of carbonyl (C=O) groups is 1. The molecule has 0 fully saturated rings. The fraction of sp³-hybridized carbons (Fsp3) is 0.350. The Morgan fingerprint density at radius 2 is 1.93 bits per heavy atom. The molecule has 0 aromatic heterocycles. The smallest absolute Gasteiger partial charge is 0.292 e. The first-order valence-electron chi connectivity index (χ1n) is 9.27. The van der Waals surface area contributed by atoms with Crippen molar-refractivity contribution in [3.8, 4) is 5.75 Å². The molecule has 0 bridgehead atoms. The Bertz CT molecular complexity index is 1010. The monoisotopic (exact) mass is 435 g/mol. The average molecular weight is 436 g/mol. The first-order chi connectivity index (χ1) is 14.1. The number of para-hydroxylation sites is 2. The number of likely N-dealkylation sites (N-methyl/N-ethyl adjacent to an activating group) is 1. The van der Waals surface area contributed by atoms with Gasteiger partial charge in [-0.2, -0.15) is 0 Å². The van der Waals surface area contributed by atoms with Crippen LogP contribution >= 0.6 is 0 Å². The van der Waals surface area contributed by atoms with Gasteiger partial charge in [-0.15, -0.1) is 0 Å². The highest BCUT2D eigenvalue weighted by Crippen LogP contribution is 2.23. The Balaban J connectivity index is 1.84. The molecule has 30 heavy (non-hydrogen) atoms. The molecule has 1 amide bonds. The maximum Gasteiger partial charge on any atom is 0.292 e. The maximum atomic E-state index is 12.5. The lowest BCUT2D eigenvalue weighted by Crippen LogP contribution is -2.40. The molecule has 0 spiro atoms. The molecule has 10 heteroatoms. The van der Waals surface area contributed by atoms with E-state index in [1.165, 1.54) is 30.3 Å². The SMILES string of the molecule is CC(C(=O)Nc1ccccc1[N+](=O)[O-])N(C)CCCOc1cccc(S(C)(=O)=O)c1. The zero-order chi connectivity index (χ0) is 22.3. The van der Waals surface area contributed by atoms with Crippen molar-refractivity contribution >= 4 is 27.1 Å². The van der Waals surface area contributed by atoms with E-state index in [9.17, 15) is 23.3 Å². The largest absolute Gasteiger partial charge is 0.494 e. The quantitative estimate of drug-likeness (QED) is 0.346. The van der Waals surface area contributed by atoms with Crippen LogP contribution in [0.1, 0.15) is 13.3 Å². The number of sulfone groups is 1. The summed E-state index contributed by atoms with van der Waals surface area (Å²) < 4.78 is 28.8. The molecule has 162 valence electrons. The van der Waals surface area contributed by atoms with Gasteiger partial charge >= 0.3 is 0 Å². The van der Waals surface area contributed by atoms with E-state index >= 15 is 0 Å². The number of amides is 1. The van der Waals surface area contributed by atoms with Crippen LogP contribution < -0.4 is 10.1 Å². The number of anilines is 1. The van der Waals surface area contributed by atoms with E-state index in [0.29, 0.717) is 25.3 Å². The second-order valence-electron chi connectivity index (χ2n) is 6.87. The highest BCUT2D eigenvalue weighted by Gasteiger charge is 2.21. The number of nitrogens with one attached hydrogen (secondary N) is 1. The van der Waals surface area contributed by atoms with Gasteiger partial charge in [-0.05, 0) is 44.7 Å². The van der Waals surface area contributed by atoms with Crippen molar-refractivity contribution in [3.05, 3.63) is 58.6 Å². The van der Waals surface area contributed by atoms with Crippen LogP contribution in [-0.2, 0) is 14.6 Å². The molecule has 0 aliphatic rings. The molecular weight excluding hydrogens is 410 g/mol. The van der Waals surface area contributed by atoms with Gasteiger partial charge in [0.2, 0.25) is 5.91 Å². The van der Waals surface area contributed by atoms with Gasteiger partial charge in [0.15, 0.2) is 9.84 Å². The summed E-state index contributed by atoms with van der Waals surface area (Å²) in [5, 5.41) is 13.7. The molecule has 2 rings (SSSR count). The summed E-state index contributed by atoms with van der Waals surface area (Å²) in [6, 6.07) is 11.7. The van der Waals surface area contributed by atoms with Gasteiger partial charge in [0.05, 0.1) is 22.5 Å². The van der Waals surface area contributed by atoms with Crippen LogP contribution in [0, 0.1) is 10.1 Å². The van der Waals surface area contributed by atoms with Crippen molar-refractivity contribution in [1.82, 2.24) is 4.90 Å². The van der Waals surface area contributed by atoms with E-state index in [-0.39, 0.29) is 22.2 Å². The van der Waals surface area contributed by atoms with E-state index in [1.807, 2.05) is 0 Å². The topological polar surface area (TPSA) is 119 Å². The average Bonchev–Trinajstić information content (AvgIpc) is 2.70. The third kappa shape index (κ3) is 6.53. The lowest BCUT2D eigenvalue weighted by Gasteiger charge is -2.23. The zero-order valence-electron chi connectivity index (χ0n) is 17.1. The fourth-order valence-electron chi connectivity index (χ4n) is 2.67. The van der Waals surface area contributed by atoms with E-state index in [4.69, 9.17) is 4.74 Å². The summed E-state index contributed by atoms with van der Waals surface area (Å²) >= 11 is 0. The number of nitro benzene ring substituents is 1. The summed E-state index contributed by atoms with van der Waals surface area (Å²) in [5.41, 5.74) is -0.00716. The van der Waals surface area contributed by atoms with Crippen LogP contribution in [0.2, 0.25) is 0 Å². The standard InChI is InChI=1S/C20H25N3O6S/c1-15(20(24)21-18-10-4-5-11-19(18)23(25)26)22(2)12-7-13-29-16-8-6-9-17(14-16)30(3,27)28/h4-6,8-11,14-15H,7,12-13H2,1-3H3,(H,21,24). The lowest BCUT2D eigenvalue weighted by atomic mass is 10.2. The molecule has 0 radical (unpaired) electrons. The first kappa shape index (κ1) is 23.3. The van der Waals surface area contributed by atoms with Gasteiger partial charge in [-0.1, -0.05) is 18.2 Å². The molecule has 1 atom stereocenters. The first-order valence-corrected chi connectivity index (χ1v) is 11.2. The molecule has 2 aromatic carbocycles. The molecule has 0 heterocycles. The van der Waals surface area contributed by atoms with Crippen molar-refractivity contribution in [2.24, 2.45) is 0 Å². The number of rotatable bonds is 10. The number of hydrogen-bond donors (Lipinski definition) is 1. The van der Waals surface area contributed by atoms with Crippen molar-refractivity contribution in [2.75, 3.05) is 31.8 Å². The van der Waals surface area contributed by atoms with E-state index in [2.05, 4.69) is 5.32 Å². The number of benzene rings is 2. The predicted octanol–water partition coefficient (Wildman–Crippen LogP) is 2.73. The summed E-state index contributed by atoms with van der Waals surface area (Å²) in [4.78, 5) is 25.0. The Kier molecular flexibility index (Phi) is 7.90. The minimum Gasteiger partial charge on any atom is -0.494 e. The van der Waals surface area contributed by atoms with Crippen molar-refractivity contribution in [3.63, 3.8) is 0 Å². The van der Waals surface area contributed by atoms with Crippen molar-refractivity contribution < 1.29 is 22.9 Å². The number of carbonyl (C=O) groups excluding carboxylic acids is 1. The molecule has 9 nitrogen and oxygen atoms in total. The minimum absolute atomic E-state index is 0.154. The van der Waals surface area contributed by atoms with Crippen LogP contribution in [-0.4, -0.2) is 56.6 Å². The zero-order valence-corrected chi connectivity index (χ0v) is 17.9. The van der Waals surface area contributed by atoms with Crippen molar-refractivity contribution in [2.45, 2.75) is 24.3 Å². The number of ether oxygens (including phenoxy) is 1. The molecule has 0 saturated carbocycles.